The lowest BCUT2D eigenvalue weighted by molar-refractivity contribution is -0.120. The van der Waals surface area contributed by atoms with E-state index >= 15 is 0 Å². The summed E-state index contributed by atoms with van der Waals surface area (Å²) in [6, 6.07) is 12.2. The Kier molecular flexibility index (Phi) is 5.96. The third-order valence-corrected chi connectivity index (χ3v) is 4.77. The van der Waals surface area contributed by atoms with Gasteiger partial charge in [0.15, 0.2) is 0 Å². The first-order valence-corrected chi connectivity index (χ1v) is 8.44. The van der Waals surface area contributed by atoms with Gasteiger partial charge in [-0.05, 0) is 43.2 Å². The first kappa shape index (κ1) is 16.2. The lowest BCUT2D eigenvalue weighted by atomic mass is 10.1. The van der Waals surface area contributed by atoms with E-state index < -0.39 is 0 Å². The summed E-state index contributed by atoms with van der Waals surface area (Å²) in [6.45, 7) is 0.628. The third kappa shape index (κ3) is 4.95. The Balaban J connectivity index is 1.89. The van der Waals surface area contributed by atoms with E-state index in [0.29, 0.717) is 13.0 Å². The second kappa shape index (κ2) is 7.73. The molecule has 1 unspecified atom stereocenters. The zero-order valence-corrected chi connectivity index (χ0v) is 14.6. The van der Waals surface area contributed by atoms with Crippen LogP contribution < -0.4 is 5.32 Å². The maximum atomic E-state index is 12.1. The number of halogens is 1. The zero-order chi connectivity index (χ0) is 15.2. The number of benzene rings is 1. The van der Waals surface area contributed by atoms with E-state index in [0.717, 1.165) is 10.0 Å². The van der Waals surface area contributed by atoms with Gasteiger partial charge in [0, 0.05) is 15.9 Å². The molecule has 21 heavy (non-hydrogen) atoms. The largest absolute Gasteiger partial charge is 0.354 e. The molecule has 0 saturated heterocycles. The zero-order valence-electron chi connectivity index (χ0n) is 12.2. The van der Waals surface area contributed by atoms with Crippen LogP contribution in [0.25, 0.3) is 0 Å². The molecule has 2 rings (SSSR count). The fourth-order valence-corrected chi connectivity index (χ4v) is 3.27. The van der Waals surface area contributed by atoms with Crippen LogP contribution in [0.2, 0.25) is 0 Å². The molecular formula is C16H19BrN2OS. The van der Waals surface area contributed by atoms with Crippen molar-refractivity contribution >= 4 is 33.2 Å². The number of nitrogens with zero attached hydrogens (tertiary/aromatic N) is 1. The number of thiophene rings is 1. The van der Waals surface area contributed by atoms with Gasteiger partial charge in [-0.1, -0.05) is 34.1 Å². The van der Waals surface area contributed by atoms with Crippen LogP contribution in [0.1, 0.15) is 16.5 Å². The normalized spacial score (nSPS) is 12.4. The van der Waals surface area contributed by atoms with Gasteiger partial charge in [0.25, 0.3) is 0 Å². The summed E-state index contributed by atoms with van der Waals surface area (Å²) in [7, 11) is 4.07. The van der Waals surface area contributed by atoms with Gasteiger partial charge in [-0.3, -0.25) is 4.79 Å². The number of amides is 1. The summed E-state index contributed by atoms with van der Waals surface area (Å²) >= 11 is 5.11. The summed E-state index contributed by atoms with van der Waals surface area (Å²) < 4.78 is 1.03. The monoisotopic (exact) mass is 366 g/mol. The molecule has 1 aromatic carbocycles. The molecule has 1 atom stereocenters. The second-order valence-corrected chi connectivity index (χ2v) is 7.00. The van der Waals surface area contributed by atoms with Gasteiger partial charge in [0.05, 0.1) is 12.5 Å². The molecule has 0 aliphatic carbocycles. The number of hydrogen-bond acceptors (Lipinski definition) is 3. The molecule has 1 amide bonds. The first-order chi connectivity index (χ1) is 10.1. The summed E-state index contributed by atoms with van der Waals surface area (Å²) in [6.07, 6.45) is 0.415. The van der Waals surface area contributed by atoms with E-state index in [4.69, 9.17) is 0 Å². The highest BCUT2D eigenvalue weighted by molar-refractivity contribution is 9.10. The quantitative estimate of drug-likeness (QED) is 0.848. The lowest BCUT2D eigenvalue weighted by Crippen LogP contribution is -2.34. The van der Waals surface area contributed by atoms with Crippen LogP contribution in [0.15, 0.2) is 46.3 Å². The molecule has 1 N–H and O–H groups in total. The van der Waals surface area contributed by atoms with Crippen molar-refractivity contribution in [1.82, 2.24) is 10.2 Å². The Bertz CT molecular complexity index is 566. The standard InChI is InChI=1S/C16H19BrN2OS/c1-19(2)14(15-4-3-9-21-15)11-18-16(20)10-12-5-7-13(17)8-6-12/h3-9,14H,10-11H2,1-2H3,(H,18,20). The van der Waals surface area contributed by atoms with E-state index in [-0.39, 0.29) is 11.9 Å². The highest BCUT2D eigenvalue weighted by Gasteiger charge is 2.16. The van der Waals surface area contributed by atoms with Crippen LogP contribution in [-0.2, 0) is 11.2 Å². The van der Waals surface area contributed by atoms with E-state index in [9.17, 15) is 4.79 Å². The summed E-state index contributed by atoms with van der Waals surface area (Å²) in [5.41, 5.74) is 1.02. The Hall–Kier alpha value is -1.17. The molecule has 1 heterocycles. The van der Waals surface area contributed by atoms with E-state index in [1.165, 1.54) is 4.88 Å². The van der Waals surface area contributed by atoms with Gasteiger partial charge in [-0.25, -0.2) is 0 Å². The Morgan fingerprint density at radius 2 is 2.00 bits per heavy atom. The molecule has 0 aliphatic rings. The molecular weight excluding hydrogens is 348 g/mol. The average Bonchev–Trinajstić information content (AvgIpc) is 2.95. The van der Waals surface area contributed by atoms with Crippen LogP contribution in [0, 0.1) is 0 Å². The van der Waals surface area contributed by atoms with Gasteiger partial charge < -0.3 is 10.2 Å². The third-order valence-electron chi connectivity index (χ3n) is 3.27. The summed E-state index contributed by atoms with van der Waals surface area (Å²) in [4.78, 5) is 15.5. The Morgan fingerprint density at radius 1 is 1.29 bits per heavy atom. The number of hydrogen-bond donors (Lipinski definition) is 1. The number of carbonyl (C=O) groups excluding carboxylic acids is 1. The molecule has 0 aliphatic heterocycles. The molecule has 0 saturated carbocycles. The highest BCUT2D eigenvalue weighted by atomic mass is 79.9. The molecule has 3 nitrogen and oxygen atoms in total. The summed E-state index contributed by atoms with van der Waals surface area (Å²) in [5, 5.41) is 5.09. The number of nitrogens with one attached hydrogen (secondary N) is 1. The maximum Gasteiger partial charge on any atom is 0.224 e. The minimum absolute atomic E-state index is 0.0562. The summed E-state index contributed by atoms with van der Waals surface area (Å²) in [5.74, 6) is 0.0562. The van der Waals surface area contributed by atoms with Crippen LogP contribution >= 0.6 is 27.3 Å². The highest BCUT2D eigenvalue weighted by Crippen LogP contribution is 2.22. The lowest BCUT2D eigenvalue weighted by Gasteiger charge is -2.23. The van der Waals surface area contributed by atoms with Gasteiger partial charge in [-0.2, -0.15) is 0 Å². The van der Waals surface area contributed by atoms with E-state index in [1.807, 2.05) is 44.4 Å². The van der Waals surface area contributed by atoms with Crippen LogP contribution in [-0.4, -0.2) is 31.4 Å². The second-order valence-electron chi connectivity index (χ2n) is 5.10. The molecule has 0 spiro atoms. The fourth-order valence-electron chi connectivity index (χ4n) is 2.08. The fraction of sp³-hybridized carbons (Fsp3) is 0.312. The van der Waals surface area contributed by atoms with Crippen molar-refractivity contribution in [3.63, 3.8) is 0 Å². The number of likely N-dealkylation sites (N-methyl/N-ethyl adjacent to an activating group) is 1. The minimum Gasteiger partial charge on any atom is -0.354 e. The van der Waals surface area contributed by atoms with E-state index in [1.54, 1.807) is 11.3 Å². The van der Waals surface area contributed by atoms with Gasteiger partial charge >= 0.3 is 0 Å². The topological polar surface area (TPSA) is 32.3 Å². The van der Waals surface area contributed by atoms with Crippen LogP contribution in [0.5, 0.6) is 0 Å². The molecule has 1 aromatic heterocycles. The van der Waals surface area contributed by atoms with Crippen molar-refractivity contribution in [2.45, 2.75) is 12.5 Å². The molecule has 0 bridgehead atoms. The van der Waals surface area contributed by atoms with Crippen molar-refractivity contribution in [3.8, 4) is 0 Å². The van der Waals surface area contributed by atoms with Gasteiger partial charge in [-0.15, -0.1) is 11.3 Å². The van der Waals surface area contributed by atoms with Crippen molar-refractivity contribution < 1.29 is 4.79 Å². The molecule has 0 radical (unpaired) electrons. The van der Waals surface area contributed by atoms with Crippen molar-refractivity contribution in [1.29, 1.82) is 0 Å². The Morgan fingerprint density at radius 3 is 2.57 bits per heavy atom. The van der Waals surface area contributed by atoms with Crippen LogP contribution in [0.3, 0.4) is 0 Å². The SMILES string of the molecule is CN(C)C(CNC(=O)Cc1ccc(Br)cc1)c1cccs1. The average molecular weight is 367 g/mol. The molecule has 2 aromatic rings. The Labute approximate surface area is 138 Å². The number of rotatable bonds is 6. The van der Waals surface area contributed by atoms with Crippen molar-refractivity contribution in [2.24, 2.45) is 0 Å². The van der Waals surface area contributed by atoms with Gasteiger partial charge in [0.2, 0.25) is 5.91 Å². The number of carbonyl (C=O) groups is 1. The predicted molar refractivity (Wildman–Crippen MR) is 91.6 cm³/mol. The van der Waals surface area contributed by atoms with Crippen LogP contribution in [0.4, 0.5) is 0 Å². The first-order valence-electron chi connectivity index (χ1n) is 6.77. The minimum atomic E-state index is 0.0562. The molecule has 0 fully saturated rings. The maximum absolute atomic E-state index is 12.1. The predicted octanol–water partition coefficient (Wildman–Crippen LogP) is 3.47. The molecule has 112 valence electrons. The smallest absolute Gasteiger partial charge is 0.224 e. The van der Waals surface area contributed by atoms with Crippen molar-refractivity contribution in [2.75, 3.05) is 20.6 Å². The molecule has 5 heteroatoms. The van der Waals surface area contributed by atoms with Gasteiger partial charge in [0.1, 0.15) is 0 Å². The van der Waals surface area contributed by atoms with E-state index in [2.05, 4.69) is 37.6 Å². The van der Waals surface area contributed by atoms with Crippen molar-refractivity contribution in [3.05, 3.63) is 56.7 Å².